The van der Waals surface area contributed by atoms with Crippen molar-refractivity contribution in [2.24, 2.45) is 10.9 Å². The molecule has 4 fully saturated rings. The minimum absolute atomic E-state index is 0.332. The first-order chi connectivity index (χ1) is 14.2. The maximum atomic E-state index is 12.4. The molecule has 1 saturated carbocycles. The lowest BCUT2D eigenvalue weighted by Crippen LogP contribution is -2.51. The minimum Gasteiger partial charge on any atom is -0.357 e. The molecule has 0 radical (unpaired) electrons. The molecule has 1 aliphatic carbocycles. The lowest BCUT2D eigenvalue weighted by atomic mass is 9.84. The lowest BCUT2D eigenvalue weighted by molar-refractivity contribution is -0.139. The summed E-state index contributed by atoms with van der Waals surface area (Å²) in [6.45, 7) is 13.5. The van der Waals surface area contributed by atoms with Crippen LogP contribution in [-0.4, -0.2) is 110 Å². The third-order valence-electron chi connectivity index (χ3n) is 7.27. The fraction of sp³-hybridized carbons (Fsp3) is 0.909. The summed E-state index contributed by atoms with van der Waals surface area (Å²) in [5, 5.41) is 3.51. The van der Waals surface area contributed by atoms with Gasteiger partial charge in [-0.05, 0) is 52.1 Å². The molecule has 7 heteroatoms. The Morgan fingerprint density at radius 1 is 0.931 bits per heavy atom. The fourth-order valence-electron chi connectivity index (χ4n) is 5.17. The van der Waals surface area contributed by atoms with Crippen molar-refractivity contribution in [1.29, 1.82) is 0 Å². The number of piperazine rings is 1. The molecule has 1 amide bonds. The van der Waals surface area contributed by atoms with Gasteiger partial charge < -0.3 is 15.1 Å². The van der Waals surface area contributed by atoms with Crippen LogP contribution in [0.2, 0.25) is 0 Å². The summed E-state index contributed by atoms with van der Waals surface area (Å²) < 4.78 is 0. The Morgan fingerprint density at radius 3 is 2.34 bits per heavy atom. The molecule has 7 nitrogen and oxygen atoms in total. The van der Waals surface area contributed by atoms with Gasteiger partial charge in [-0.1, -0.05) is 6.42 Å². The van der Waals surface area contributed by atoms with E-state index in [1.165, 1.54) is 38.8 Å². The van der Waals surface area contributed by atoms with E-state index in [2.05, 4.69) is 31.8 Å². The van der Waals surface area contributed by atoms with Crippen LogP contribution in [0.15, 0.2) is 4.99 Å². The van der Waals surface area contributed by atoms with Gasteiger partial charge in [0.2, 0.25) is 5.91 Å². The number of likely N-dealkylation sites (tertiary alicyclic amines) is 2. The Morgan fingerprint density at radius 2 is 1.69 bits per heavy atom. The van der Waals surface area contributed by atoms with Crippen LogP contribution >= 0.6 is 0 Å². The summed E-state index contributed by atoms with van der Waals surface area (Å²) in [6, 6.07) is 0.711. The van der Waals surface area contributed by atoms with Gasteiger partial charge in [0.15, 0.2) is 5.96 Å². The number of hydrogen-bond donors (Lipinski definition) is 1. The van der Waals surface area contributed by atoms with Crippen molar-refractivity contribution in [3.8, 4) is 0 Å². The second kappa shape index (κ2) is 10.1. The highest BCUT2D eigenvalue weighted by atomic mass is 16.2. The van der Waals surface area contributed by atoms with E-state index in [1.54, 1.807) is 0 Å². The molecule has 0 aromatic rings. The van der Waals surface area contributed by atoms with E-state index in [0.717, 1.165) is 77.7 Å². The van der Waals surface area contributed by atoms with Crippen LogP contribution in [-0.2, 0) is 4.79 Å². The Bertz CT molecular complexity index is 564. The standard InChI is InChI=1S/C22H40N6O/c1-2-23-22(28-12-8-20(18-28)26-10-3-4-11-26)24-9-13-25-14-16-27(17-15-25)21(29)19-6-5-7-19/h19-20H,2-18H2,1H3,(H,23,24). The molecule has 0 aromatic carbocycles. The zero-order valence-electron chi connectivity index (χ0n) is 18.3. The number of carbonyl (C=O) groups is 1. The van der Waals surface area contributed by atoms with Crippen LogP contribution in [0.1, 0.15) is 45.4 Å². The van der Waals surface area contributed by atoms with E-state index in [1.807, 2.05) is 0 Å². The zero-order chi connectivity index (χ0) is 20.1. The molecule has 0 aromatic heterocycles. The summed E-state index contributed by atoms with van der Waals surface area (Å²) in [5.74, 6) is 1.83. The number of hydrogen-bond acceptors (Lipinski definition) is 4. The van der Waals surface area contributed by atoms with Crippen molar-refractivity contribution in [1.82, 2.24) is 24.9 Å². The average Bonchev–Trinajstić information content (AvgIpc) is 3.38. The zero-order valence-corrected chi connectivity index (χ0v) is 18.3. The molecule has 0 spiro atoms. The van der Waals surface area contributed by atoms with Gasteiger partial charge in [-0.2, -0.15) is 0 Å². The maximum absolute atomic E-state index is 12.4. The second-order valence-corrected chi connectivity index (χ2v) is 9.16. The highest BCUT2D eigenvalue weighted by molar-refractivity contribution is 5.80. The van der Waals surface area contributed by atoms with E-state index < -0.39 is 0 Å². The van der Waals surface area contributed by atoms with Crippen molar-refractivity contribution < 1.29 is 4.79 Å². The molecule has 4 rings (SSSR count). The smallest absolute Gasteiger partial charge is 0.225 e. The quantitative estimate of drug-likeness (QED) is 0.530. The average molecular weight is 405 g/mol. The van der Waals surface area contributed by atoms with Crippen LogP contribution in [0.4, 0.5) is 0 Å². The SMILES string of the molecule is CCNC(=NCCN1CCN(C(=O)C2CCC2)CC1)N1CCC(N2CCCC2)C1. The Balaban J connectivity index is 1.20. The van der Waals surface area contributed by atoms with Gasteiger partial charge >= 0.3 is 0 Å². The van der Waals surface area contributed by atoms with Gasteiger partial charge in [0, 0.05) is 64.3 Å². The first-order valence-corrected chi connectivity index (χ1v) is 12.0. The molecule has 4 aliphatic rings. The van der Waals surface area contributed by atoms with Gasteiger partial charge in [-0.25, -0.2) is 0 Å². The third kappa shape index (κ3) is 5.23. The predicted octanol–water partition coefficient (Wildman–Crippen LogP) is 1.07. The monoisotopic (exact) mass is 404 g/mol. The predicted molar refractivity (Wildman–Crippen MR) is 117 cm³/mol. The first kappa shape index (κ1) is 20.9. The molecule has 3 aliphatic heterocycles. The molecule has 3 heterocycles. The number of aliphatic imine (C=N–C) groups is 1. The number of carbonyl (C=O) groups excluding carboxylic acids is 1. The van der Waals surface area contributed by atoms with Crippen LogP contribution in [0.5, 0.6) is 0 Å². The van der Waals surface area contributed by atoms with Crippen molar-refractivity contribution in [3.05, 3.63) is 0 Å². The summed E-state index contributed by atoms with van der Waals surface area (Å²) in [6.07, 6.45) is 7.44. The van der Waals surface area contributed by atoms with Crippen LogP contribution < -0.4 is 5.32 Å². The molecular formula is C22H40N6O. The van der Waals surface area contributed by atoms with E-state index in [9.17, 15) is 4.79 Å². The van der Waals surface area contributed by atoms with Gasteiger partial charge in [-0.15, -0.1) is 0 Å². The van der Waals surface area contributed by atoms with Crippen LogP contribution in [0.25, 0.3) is 0 Å². The Labute approximate surface area is 176 Å². The largest absolute Gasteiger partial charge is 0.357 e. The highest BCUT2D eigenvalue weighted by Gasteiger charge is 2.32. The third-order valence-corrected chi connectivity index (χ3v) is 7.27. The number of nitrogens with one attached hydrogen (secondary N) is 1. The van der Waals surface area contributed by atoms with E-state index in [4.69, 9.17) is 4.99 Å². The van der Waals surface area contributed by atoms with Crippen LogP contribution in [0.3, 0.4) is 0 Å². The molecule has 1 N–H and O–H groups in total. The molecule has 29 heavy (non-hydrogen) atoms. The van der Waals surface area contributed by atoms with Crippen molar-refractivity contribution in [3.63, 3.8) is 0 Å². The van der Waals surface area contributed by atoms with Crippen molar-refractivity contribution in [2.75, 3.05) is 72.0 Å². The van der Waals surface area contributed by atoms with Gasteiger partial charge in [0.1, 0.15) is 0 Å². The number of rotatable bonds is 6. The number of nitrogens with zero attached hydrogens (tertiary/aromatic N) is 5. The molecule has 1 atom stereocenters. The molecule has 164 valence electrons. The highest BCUT2D eigenvalue weighted by Crippen LogP contribution is 2.28. The molecular weight excluding hydrogens is 364 g/mol. The minimum atomic E-state index is 0.332. The van der Waals surface area contributed by atoms with E-state index >= 15 is 0 Å². The number of guanidine groups is 1. The van der Waals surface area contributed by atoms with Gasteiger partial charge in [0.05, 0.1) is 6.54 Å². The summed E-state index contributed by atoms with van der Waals surface area (Å²) >= 11 is 0. The van der Waals surface area contributed by atoms with E-state index in [0.29, 0.717) is 17.9 Å². The van der Waals surface area contributed by atoms with Gasteiger partial charge in [0.25, 0.3) is 0 Å². The second-order valence-electron chi connectivity index (χ2n) is 9.16. The fourth-order valence-corrected chi connectivity index (χ4v) is 5.17. The Hall–Kier alpha value is -1.34. The molecule has 0 bridgehead atoms. The first-order valence-electron chi connectivity index (χ1n) is 12.0. The molecule has 1 unspecified atom stereocenters. The molecule has 3 saturated heterocycles. The normalized spacial score (nSPS) is 27.5. The Kier molecular flexibility index (Phi) is 7.29. The van der Waals surface area contributed by atoms with Gasteiger partial charge in [-0.3, -0.25) is 19.6 Å². The maximum Gasteiger partial charge on any atom is 0.225 e. The van der Waals surface area contributed by atoms with E-state index in [-0.39, 0.29) is 0 Å². The van der Waals surface area contributed by atoms with Crippen molar-refractivity contribution >= 4 is 11.9 Å². The number of amides is 1. The summed E-state index contributed by atoms with van der Waals surface area (Å²) in [4.78, 5) is 27.0. The summed E-state index contributed by atoms with van der Waals surface area (Å²) in [7, 11) is 0. The van der Waals surface area contributed by atoms with Crippen molar-refractivity contribution in [2.45, 2.75) is 51.5 Å². The topological polar surface area (TPSA) is 54.4 Å². The summed E-state index contributed by atoms with van der Waals surface area (Å²) in [5.41, 5.74) is 0. The van der Waals surface area contributed by atoms with Crippen LogP contribution in [0, 0.1) is 5.92 Å². The lowest BCUT2D eigenvalue weighted by Gasteiger charge is -2.38.